The van der Waals surface area contributed by atoms with Crippen molar-refractivity contribution in [3.05, 3.63) is 0 Å². The summed E-state index contributed by atoms with van der Waals surface area (Å²) >= 11 is 0. The molecule has 1 aliphatic rings. The second-order valence-corrected chi connectivity index (χ2v) is 6.34. The minimum Gasteiger partial charge on any atom is -0.375 e. The van der Waals surface area contributed by atoms with Crippen molar-refractivity contribution in [2.75, 3.05) is 13.2 Å². The van der Waals surface area contributed by atoms with Crippen LogP contribution in [0.4, 0.5) is 8.78 Å². The van der Waals surface area contributed by atoms with Crippen LogP contribution < -0.4 is 11.1 Å². The Balaban J connectivity index is 2.37. The molecule has 0 atom stereocenters. The van der Waals surface area contributed by atoms with E-state index in [2.05, 4.69) is 10.1 Å². The van der Waals surface area contributed by atoms with Crippen LogP contribution in [0.25, 0.3) is 0 Å². The number of hydrogen-bond donors (Lipinski definition) is 2. The number of carbonyl (C=O) groups is 1. The van der Waals surface area contributed by atoms with E-state index in [9.17, 15) is 13.6 Å². The van der Waals surface area contributed by atoms with Crippen molar-refractivity contribution >= 4 is 5.91 Å². The summed E-state index contributed by atoms with van der Waals surface area (Å²) in [6.07, 6.45) is -2.41. The van der Waals surface area contributed by atoms with E-state index in [0.29, 0.717) is 0 Å². The summed E-state index contributed by atoms with van der Waals surface area (Å²) in [4.78, 5) is 11.8. The first-order valence-electron chi connectivity index (χ1n) is 6.51. The Morgan fingerprint density at radius 2 is 1.84 bits per heavy atom. The van der Waals surface area contributed by atoms with Crippen LogP contribution in [0.3, 0.4) is 0 Å². The molecule has 0 aromatic heterocycles. The van der Waals surface area contributed by atoms with E-state index in [1.54, 1.807) is 0 Å². The van der Waals surface area contributed by atoms with E-state index < -0.39 is 13.0 Å². The van der Waals surface area contributed by atoms with E-state index in [1.807, 2.05) is 27.7 Å². The van der Waals surface area contributed by atoms with Crippen molar-refractivity contribution < 1.29 is 18.3 Å². The maximum atomic E-state index is 11.8. The molecule has 1 amide bonds. The quantitative estimate of drug-likeness (QED) is 0.724. The summed E-state index contributed by atoms with van der Waals surface area (Å²) < 4.78 is 28.4. The molecule has 0 heterocycles. The summed E-state index contributed by atoms with van der Waals surface area (Å²) in [6, 6.07) is -0.00187. The molecule has 112 valence electrons. The van der Waals surface area contributed by atoms with Crippen LogP contribution in [-0.4, -0.2) is 37.6 Å². The molecular formula is C13H24F2N2O2. The molecule has 1 saturated carbocycles. The van der Waals surface area contributed by atoms with Gasteiger partial charge in [-0.1, -0.05) is 27.7 Å². The van der Waals surface area contributed by atoms with E-state index in [1.165, 1.54) is 0 Å². The van der Waals surface area contributed by atoms with E-state index in [4.69, 9.17) is 5.73 Å². The average molecular weight is 278 g/mol. The van der Waals surface area contributed by atoms with Crippen molar-refractivity contribution in [3.8, 4) is 0 Å². The third kappa shape index (κ3) is 3.42. The lowest BCUT2D eigenvalue weighted by Gasteiger charge is -2.62. The molecule has 19 heavy (non-hydrogen) atoms. The maximum Gasteiger partial charge on any atom is 0.261 e. The SMILES string of the molecule is CC1(C)C(N)C(C)(C)C1NC(=O)CCOCC(F)F. The first kappa shape index (κ1) is 16.3. The number of halogens is 2. The molecule has 0 spiro atoms. The van der Waals surface area contributed by atoms with Gasteiger partial charge in [0.2, 0.25) is 5.91 Å². The van der Waals surface area contributed by atoms with Crippen LogP contribution in [0, 0.1) is 10.8 Å². The summed E-state index contributed by atoms with van der Waals surface area (Å²) in [5.74, 6) is -0.188. The number of nitrogens with one attached hydrogen (secondary N) is 1. The Hall–Kier alpha value is -0.750. The molecule has 0 bridgehead atoms. The number of ether oxygens (including phenoxy) is 1. The number of rotatable bonds is 6. The van der Waals surface area contributed by atoms with Gasteiger partial charge in [-0.25, -0.2) is 8.78 Å². The molecule has 0 aromatic carbocycles. The molecule has 1 fully saturated rings. The van der Waals surface area contributed by atoms with Gasteiger partial charge in [0.15, 0.2) is 0 Å². The largest absolute Gasteiger partial charge is 0.375 e. The third-order valence-electron chi connectivity index (χ3n) is 4.11. The Labute approximate surface area is 113 Å². The van der Waals surface area contributed by atoms with Crippen LogP contribution in [-0.2, 0) is 9.53 Å². The molecule has 3 N–H and O–H groups in total. The Kier molecular flexibility index (Phi) is 4.90. The molecule has 6 heteroatoms. The molecule has 0 radical (unpaired) electrons. The highest BCUT2D eigenvalue weighted by molar-refractivity contribution is 5.76. The van der Waals surface area contributed by atoms with Crippen LogP contribution >= 0.6 is 0 Å². The van der Waals surface area contributed by atoms with Crippen LogP contribution in [0.5, 0.6) is 0 Å². The minimum absolute atomic E-state index is 0.00973. The molecule has 0 saturated heterocycles. The lowest BCUT2D eigenvalue weighted by atomic mass is 9.48. The molecule has 0 aliphatic heterocycles. The monoisotopic (exact) mass is 278 g/mol. The molecule has 1 rings (SSSR count). The summed E-state index contributed by atoms with van der Waals surface area (Å²) in [5.41, 5.74) is 5.77. The predicted molar refractivity (Wildman–Crippen MR) is 68.9 cm³/mol. The minimum atomic E-state index is -2.49. The number of amides is 1. The van der Waals surface area contributed by atoms with Gasteiger partial charge in [0.25, 0.3) is 6.43 Å². The number of nitrogens with two attached hydrogens (primary N) is 1. The first-order valence-corrected chi connectivity index (χ1v) is 6.51. The highest BCUT2D eigenvalue weighted by atomic mass is 19.3. The predicted octanol–water partition coefficient (Wildman–Crippen LogP) is 1.54. The van der Waals surface area contributed by atoms with Gasteiger partial charge in [0.05, 0.1) is 6.61 Å². The van der Waals surface area contributed by atoms with Gasteiger partial charge in [-0.15, -0.1) is 0 Å². The average Bonchev–Trinajstić information content (AvgIpc) is 2.30. The van der Waals surface area contributed by atoms with Crippen LogP contribution in [0.15, 0.2) is 0 Å². The zero-order chi connectivity index (χ0) is 14.8. The third-order valence-corrected chi connectivity index (χ3v) is 4.11. The van der Waals surface area contributed by atoms with Gasteiger partial charge < -0.3 is 15.8 Å². The summed E-state index contributed by atoms with van der Waals surface area (Å²) in [6.45, 7) is 7.44. The van der Waals surface area contributed by atoms with Gasteiger partial charge in [-0.2, -0.15) is 0 Å². The van der Waals surface area contributed by atoms with Crippen molar-refractivity contribution in [1.29, 1.82) is 0 Å². The fraction of sp³-hybridized carbons (Fsp3) is 0.923. The van der Waals surface area contributed by atoms with Gasteiger partial charge >= 0.3 is 0 Å². The fourth-order valence-electron chi connectivity index (χ4n) is 3.12. The van der Waals surface area contributed by atoms with Crippen LogP contribution in [0.1, 0.15) is 34.1 Å². The van der Waals surface area contributed by atoms with E-state index in [0.717, 1.165) is 0 Å². The normalized spacial score (nSPS) is 28.0. The van der Waals surface area contributed by atoms with Gasteiger partial charge in [0.1, 0.15) is 6.61 Å². The molecular weight excluding hydrogens is 254 g/mol. The first-order chi connectivity index (χ1) is 8.60. The standard InChI is InChI=1S/C13H24F2N2O2/c1-12(2)10(16)13(3,4)11(12)17-9(18)5-6-19-7-8(14)15/h8,10-11H,5-7,16H2,1-4H3,(H,17,18). The Morgan fingerprint density at radius 3 is 2.32 bits per heavy atom. The maximum absolute atomic E-state index is 11.8. The zero-order valence-electron chi connectivity index (χ0n) is 12.0. The van der Waals surface area contributed by atoms with Crippen LogP contribution in [0.2, 0.25) is 0 Å². The Morgan fingerprint density at radius 1 is 1.32 bits per heavy atom. The molecule has 4 nitrogen and oxygen atoms in total. The van der Waals surface area contributed by atoms with E-state index >= 15 is 0 Å². The zero-order valence-corrected chi connectivity index (χ0v) is 12.0. The van der Waals surface area contributed by atoms with Gasteiger partial charge in [0, 0.05) is 29.3 Å². The topological polar surface area (TPSA) is 64.3 Å². The highest BCUT2D eigenvalue weighted by Crippen LogP contribution is 2.52. The van der Waals surface area contributed by atoms with Crippen molar-refractivity contribution in [2.24, 2.45) is 16.6 Å². The van der Waals surface area contributed by atoms with Gasteiger partial charge in [-0.3, -0.25) is 4.79 Å². The molecule has 0 unspecified atom stereocenters. The fourth-order valence-corrected chi connectivity index (χ4v) is 3.12. The van der Waals surface area contributed by atoms with Crippen molar-refractivity contribution in [3.63, 3.8) is 0 Å². The lowest BCUT2D eigenvalue weighted by molar-refractivity contribution is -0.133. The van der Waals surface area contributed by atoms with Crippen molar-refractivity contribution in [1.82, 2.24) is 5.32 Å². The number of carbonyl (C=O) groups excluding carboxylic acids is 1. The molecule has 1 aliphatic carbocycles. The number of hydrogen-bond acceptors (Lipinski definition) is 3. The lowest BCUT2D eigenvalue weighted by Crippen LogP contribution is -2.76. The second-order valence-electron chi connectivity index (χ2n) is 6.34. The smallest absolute Gasteiger partial charge is 0.261 e. The molecule has 0 aromatic rings. The summed E-state index contributed by atoms with van der Waals surface area (Å²) in [7, 11) is 0. The number of alkyl halides is 2. The second kappa shape index (κ2) is 5.71. The highest BCUT2D eigenvalue weighted by Gasteiger charge is 2.60. The van der Waals surface area contributed by atoms with E-state index in [-0.39, 0.29) is 41.8 Å². The van der Waals surface area contributed by atoms with Crippen molar-refractivity contribution in [2.45, 2.75) is 52.6 Å². The Bertz CT molecular complexity index is 317. The van der Waals surface area contributed by atoms with Gasteiger partial charge in [-0.05, 0) is 0 Å². The summed E-state index contributed by atoms with van der Waals surface area (Å²) in [5, 5.41) is 2.93.